The van der Waals surface area contributed by atoms with Gasteiger partial charge in [0, 0.05) is 4.88 Å². The fourth-order valence-electron chi connectivity index (χ4n) is 1.32. The Morgan fingerprint density at radius 2 is 2.17 bits per heavy atom. The zero-order valence-electron chi connectivity index (χ0n) is 11.6. The molecular weight excluding hydrogens is 250 g/mol. The van der Waals surface area contributed by atoms with Gasteiger partial charge < -0.3 is 10.1 Å². The highest BCUT2D eigenvalue weighted by Crippen LogP contribution is 2.25. The van der Waals surface area contributed by atoms with Crippen LogP contribution in [0.2, 0.25) is 0 Å². The zero-order chi connectivity index (χ0) is 13.7. The minimum Gasteiger partial charge on any atom is -0.461 e. The fraction of sp³-hybridized carbons (Fsp3) is 0.667. The van der Waals surface area contributed by atoms with E-state index in [2.05, 4.69) is 10.3 Å². The number of aryl methyl sites for hydroxylation is 1. The molecule has 1 atom stereocenters. The lowest BCUT2D eigenvalue weighted by molar-refractivity contribution is 0.0519. The number of anilines is 1. The van der Waals surface area contributed by atoms with Gasteiger partial charge in [0.15, 0.2) is 10.8 Å². The van der Waals surface area contributed by atoms with E-state index in [0.29, 0.717) is 12.3 Å². The molecule has 1 unspecified atom stereocenters. The van der Waals surface area contributed by atoms with Gasteiger partial charge in [-0.3, -0.25) is 4.90 Å². The molecule has 0 amide bonds. The topological polar surface area (TPSA) is 54.5 Å². The standard InChI is InChI=1S/C12H21N3O2S/c1-6-9-10(11(16)17-7-2)14-12(18-9)13-8(3)15(4)5/h8H,6-7H2,1-5H3,(H,13,14). The molecule has 1 rings (SSSR count). The average molecular weight is 271 g/mol. The molecule has 1 N–H and O–H groups in total. The van der Waals surface area contributed by atoms with E-state index in [9.17, 15) is 4.79 Å². The van der Waals surface area contributed by atoms with Crippen LogP contribution in [-0.4, -0.2) is 42.7 Å². The van der Waals surface area contributed by atoms with E-state index in [0.717, 1.165) is 16.4 Å². The summed E-state index contributed by atoms with van der Waals surface area (Å²) < 4.78 is 5.00. The molecule has 6 heteroatoms. The largest absolute Gasteiger partial charge is 0.461 e. The van der Waals surface area contributed by atoms with Gasteiger partial charge in [-0.15, -0.1) is 11.3 Å². The second-order valence-corrected chi connectivity index (χ2v) is 5.23. The van der Waals surface area contributed by atoms with Crippen molar-refractivity contribution < 1.29 is 9.53 Å². The van der Waals surface area contributed by atoms with Crippen molar-refractivity contribution in [2.24, 2.45) is 0 Å². The van der Waals surface area contributed by atoms with Gasteiger partial charge >= 0.3 is 5.97 Å². The summed E-state index contributed by atoms with van der Waals surface area (Å²) in [4.78, 5) is 19.1. The maximum Gasteiger partial charge on any atom is 0.358 e. The van der Waals surface area contributed by atoms with Gasteiger partial charge in [-0.05, 0) is 34.4 Å². The predicted molar refractivity (Wildman–Crippen MR) is 74.2 cm³/mol. The van der Waals surface area contributed by atoms with Gasteiger partial charge in [0.05, 0.1) is 12.8 Å². The normalized spacial score (nSPS) is 12.6. The quantitative estimate of drug-likeness (QED) is 0.635. The molecule has 0 aliphatic heterocycles. The number of rotatable bonds is 6. The van der Waals surface area contributed by atoms with Crippen molar-refractivity contribution >= 4 is 22.4 Å². The number of esters is 1. The van der Waals surface area contributed by atoms with Crippen LogP contribution in [0.4, 0.5) is 5.13 Å². The van der Waals surface area contributed by atoms with Gasteiger partial charge in [0.1, 0.15) is 0 Å². The first-order valence-electron chi connectivity index (χ1n) is 6.09. The van der Waals surface area contributed by atoms with Crippen molar-refractivity contribution in [2.75, 3.05) is 26.0 Å². The Hall–Kier alpha value is -1.14. The number of hydrogen-bond acceptors (Lipinski definition) is 6. The highest BCUT2D eigenvalue weighted by Gasteiger charge is 2.19. The van der Waals surface area contributed by atoms with E-state index in [1.165, 1.54) is 11.3 Å². The Morgan fingerprint density at radius 3 is 2.67 bits per heavy atom. The molecule has 102 valence electrons. The van der Waals surface area contributed by atoms with Crippen LogP contribution in [0, 0.1) is 0 Å². The second-order valence-electron chi connectivity index (χ2n) is 4.15. The minimum atomic E-state index is -0.337. The number of carbonyl (C=O) groups excluding carboxylic acids is 1. The fourth-order valence-corrected chi connectivity index (χ4v) is 2.29. The Morgan fingerprint density at radius 1 is 1.50 bits per heavy atom. The summed E-state index contributed by atoms with van der Waals surface area (Å²) in [6, 6.07) is 0. The highest BCUT2D eigenvalue weighted by atomic mass is 32.1. The van der Waals surface area contributed by atoms with Gasteiger partial charge in [0.25, 0.3) is 0 Å². The maximum atomic E-state index is 11.7. The van der Waals surface area contributed by atoms with E-state index in [4.69, 9.17) is 4.74 Å². The van der Waals surface area contributed by atoms with Crippen molar-refractivity contribution in [3.05, 3.63) is 10.6 Å². The maximum absolute atomic E-state index is 11.7. The first-order valence-corrected chi connectivity index (χ1v) is 6.91. The van der Waals surface area contributed by atoms with Crippen molar-refractivity contribution in [3.8, 4) is 0 Å². The van der Waals surface area contributed by atoms with Crippen LogP contribution in [0.5, 0.6) is 0 Å². The van der Waals surface area contributed by atoms with Gasteiger partial charge in [0.2, 0.25) is 0 Å². The molecule has 0 aromatic carbocycles. The van der Waals surface area contributed by atoms with Gasteiger partial charge in [-0.2, -0.15) is 0 Å². The summed E-state index contributed by atoms with van der Waals surface area (Å²) in [6.45, 7) is 6.21. The van der Waals surface area contributed by atoms with Crippen LogP contribution in [-0.2, 0) is 11.2 Å². The lowest BCUT2D eigenvalue weighted by Gasteiger charge is -2.20. The summed E-state index contributed by atoms with van der Waals surface area (Å²) in [6.07, 6.45) is 0.944. The number of carbonyl (C=O) groups is 1. The molecule has 0 aliphatic carbocycles. The van der Waals surface area contributed by atoms with E-state index in [-0.39, 0.29) is 12.1 Å². The molecule has 1 heterocycles. The van der Waals surface area contributed by atoms with Crippen molar-refractivity contribution in [1.82, 2.24) is 9.88 Å². The predicted octanol–water partition coefficient (Wildman–Crippen LogP) is 2.20. The second kappa shape index (κ2) is 6.70. The highest BCUT2D eigenvalue weighted by molar-refractivity contribution is 7.15. The van der Waals surface area contributed by atoms with Gasteiger partial charge in [-0.25, -0.2) is 9.78 Å². The molecule has 1 aromatic heterocycles. The Kier molecular flexibility index (Phi) is 5.55. The first-order chi connectivity index (χ1) is 8.49. The van der Waals surface area contributed by atoms with E-state index in [1.54, 1.807) is 6.92 Å². The van der Waals surface area contributed by atoms with E-state index < -0.39 is 0 Å². The molecule has 0 radical (unpaired) electrons. The van der Waals surface area contributed by atoms with Crippen LogP contribution in [0.1, 0.15) is 36.1 Å². The van der Waals surface area contributed by atoms with Crippen molar-refractivity contribution in [3.63, 3.8) is 0 Å². The van der Waals surface area contributed by atoms with Crippen LogP contribution in [0.25, 0.3) is 0 Å². The number of hydrogen-bond donors (Lipinski definition) is 1. The summed E-state index contributed by atoms with van der Waals surface area (Å²) in [7, 11) is 3.97. The van der Waals surface area contributed by atoms with Crippen LogP contribution in [0.15, 0.2) is 0 Å². The summed E-state index contributed by atoms with van der Waals surface area (Å²) in [5, 5.41) is 4.02. The molecule has 0 bridgehead atoms. The molecular formula is C12H21N3O2S. The molecule has 0 aliphatic rings. The third-order valence-electron chi connectivity index (χ3n) is 2.59. The summed E-state index contributed by atoms with van der Waals surface area (Å²) >= 11 is 1.51. The molecule has 0 saturated carbocycles. The Bertz CT molecular complexity index is 404. The molecule has 0 spiro atoms. The van der Waals surface area contributed by atoms with Crippen molar-refractivity contribution in [2.45, 2.75) is 33.4 Å². The lowest BCUT2D eigenvalue weighted by atomic mass is 10.3. The number of aromatic nitrogens is 1. The zero-order valence-corrected chi connectivity index (χ0v) is 12.4. The molecule has 0 saturated heterocycles. The molecule has 0 fully saturated rings. The summed E-state index contributed by atoms with van der Waals surface area (Å²) in [5.74, 6) is -0.337. The Labute approximate surface area is 112 Å². The first kappa shape index (κ1) is 14.9. The molecule has 18 heavy (non-hydrogen) atoms. The van der Waals surface area contributed by atoms with E-state index >= 15 is 0 Å². The number of thiazole rings is 1. The molecule has 5 nitrogen and oxygen atoms in total. The molecule has 1 aromatic rings. The summed E-state index contributed by atoms with van der Waals surface area (Å²) in [5.41, 5.74) is 0.442. The SMILES string of the molecule is CCOC(=O)c1nc(NC(C)N(C)C)sc1CC. The number of nitrogens with zero attached hydrogens (tertiary/aromatic N) is 2. The monoisotopic (exact) mass is 271 g/mol. The smallest absolute Gasteiger partial charge is 0.358 e. The third-order valence-corrected chi connectivity index (χ3v) is 3.73. The lowest BCUT2D eigenvalue weighted by Crippen LogP contribution is -2.32. The van der Waals surface area contributed by atoms with Crippen LogP contribution >= 0.6 is 11.3 Å². The van der Waals surface area contributed by atoms with Gasteiger partial charge in [-0.1, -0.05) is 6.92 Å². The number of ether oxygens (including phenoxy) is 1. The third kappa shape index (κ3) is 3.68. The number of nitrogens with one attached hydrogen (secondary N) is 1. The van der Waals surface area contributed by atoms with Crippen LogP contribution in [0.3, 0.4) is 0 Å². The Balaban J connectivity index is 2.87. The average Bonchev–Trinajstić information content (AvgIpc) is 2.72. The van der Waals surface area contributed by atoms with Crippen LogP contribution < -0.4 is 5.32 Å². The minimum absolute atomic E-state index is 0.163. The van der Waals surface area contributed by atoms with Crippen molar-refractivity contribution in [1.29, 1.82) is 0 Å². The van der Waals surface area contributed by atoms with E-state index in [1.807, 2.05) is 32.8 Å².